The van der Waals surface area contributed by atoms with Gasteiger partial charge in [-0.2, -0.15) is 0 Å². The van der Waals surface area contributed by atoms with Gasteiger partial charge in [0.2, 0.25) is 0 Å². The number of aliphatic hydroxyl groups excluding tert-OH is 1. The highest BCUT2D eigenvalue weighted by molar-refractivity contribution is 5.74. The minimum absolute atomic E-state index is 0.181. The van der Waals surface area contributed by atoms with Crippen LogP contribution in [-0.2, 0) is 53.0 Å². The van der Waals surface area contributed by atoms with Gasteiger partial charge in [0.05, 0.1) is 45.6 Å². The lowest BCUT2D eigenvalue weighted by molar-refractivity contribution is -0.311. The van der Waals surface area contributed by atoms with Gasteiger partial charge < -0.3 is 33.5 Å². The van der Waals surface area contributed by atoms with Gasteiger partial charge in [-0.05, 0) is 16.7 Å². The van der Waals surface area contributed by atoms with E-state index in [1.807, 2.05) is 91.0 Å². The van der Waals surface area contributed by atoms with Crippen LogP contribution in [0.15, 0.2) is 91.0 Å². The van der Waals surface area contributed by atoms with E-state index in [1.165, 1.54) is 14.2 Å². The summed E-state index contributed by atoms with van der Waals surface area (Å²) in [4.78, 5) is 12.5. The molecular weight excluding hydrogens is 500 g/mol. The van der Waals surface area contributed by atoms with Crippen LogP contribution < -0.4 is 0 Å². The van der Waals surface area contributed by atoms with E-state index >= 15 is 0 Å². The zero-order valence-corrected chi connectivity index (χ0v) is 22.3. The average Bonchev–Trinajstić information content (AvgIpc) is 2.99. The molecule has 4 rings (SSSR count). The molecule has 0 amide bonds. The Bertz CT molecular complexity index is 1110. The van der Waals surface area contributed by atoms with Gasteiger partial charge in [-0.15, -0.1) is 0 Å². The van der Waals surface area contributed by atoms with Crippen molar-refractivity contribution in [2.75, 3.05) is 20.8 Å². The first-order chi connectivity index (χ1) is 19.1. The van der Waals surface area contributed by atoms with E-state index in [1.54, 1.807) is 0 Å². The van der Waals surface area contributed by atoms with Crippen LogP contribution in [0.2, 0.25) is 0 Å². The Morgan fingerprint density at radius 2 is 1.26 bits per heavy atom. The Morgan fingerprint density at radius 1 is 0.769 bits per heavy atom. The van der Waals surface area contributed by atoms with Crippen molar-refractivity contribution in [1.82, 2.24) is 0 Å². The van der Waals surface area contributed by atoms with Crippen molar-refractivity contribution in [3.05, 3.63) is 108 Å². The molecule has 39 heavy (non-hydrogen) atoms. The maximum Gasteiger partial charge on any atom is 0.335 e. The Kier molecular flexibility index (Phi) is 11.0. The van der Waals surface area contributed by atoms with Crippen LogP contribution in [-0.4, -0.2) is 62.6 Å². The molecule has 1 aliphatic rings. The Morgan fingerprint density at radius 3 is 1.74 bits per heavy atom. The maximum atomic E-state index is 12.5. The number of esters is 1. The summed E-state index contributed by atoms with van der Waals surface area (Å²) >= 11 is 0. The lowest BCUT2D eigenvalue weighted by Crippen LogP contribution is -2.62. The number of carbonyl (C=O) groups is 1. The minimum atomic E-state index is -1.56. The van der Waals surface area contributed by atoms with Gasteiger partial charge in [0.25, 0.3) is 0 Å². The van der Waals surface area contributed by atoms with Gasteiger partial charge in [-0.25, -0.2) is 4.79 Å². The van der Waals surface area contributed by atoms with Crippen LogP contribution >= 0.6 is 0 Å². The van der Waals surface area contributed by atoms with Crippen molar-refractivity contribution in [2.24, 2.45) is 5.92 Å². The number of benzene rings is 3. The smallest absolute Gasteiger partial charge is 0.335 e. The first-order valence-corrected chi connectivity index (χ1v) is 13.0. The SMILES string of the molecule is COC(=O)[C@H](O)[C@H]1[C@H](OC)O[C@H](COCc2ccccc2)[C@@H](OCc2ccccc2)[C@@H]1OCc1ccccc1. The van der Waals surface area contributed by atoms with Crippen molar-refractivity contribution in [1.29, 1.82) is 0 Å². The van der Waals surface area contributed by atoms with Crippen LogP contribution in [0.3, 0.4) is 0 Å². The lowest BCUT2D eigenvalue weighted by Gasteiger charge is -2.46. The molecule has 0 bridgehead atoms. The fourth-order valence-corrected chi connectivity index (χ4v) is 4.69. The average molecular weight is 537 g/mol. The standard InChI is InChI=1S/C31H36O8/c1-34-30(33)27(32)26-29(38-20-24-16-10-5-11-17-24)28(37-19-23-14-8-4-9-15-23)25(39-31(26)35-2)21-36-18-22-12-6-3-7-13-22/h3-17,25-29,31-32H,18-21H2,1-2H3/t25-,26-,27-,28-,29-,31-/m1/s1. The van der Waals surface area contributed by atoms with E-state index in [4.69, 9.17) is 28.4 Å². The molecule has 0 radical (unpaired) electrons. The van der Waals surface area contributed by atoms with E-state index < -0.39 is 42.6 Å². The second-order valence-electron chi connectivity index (χ2n) is 9.35. The molecule has 8 nitrogen and oxygen atoms in total. The first kappa shape index (κ1) is 28.9. The molecule has 0 aromatic heterocycles. The lowest BCUT2D eigenvalue weighted by atomic mass is 9.86. The summed E-state index contributed by atoms with van der Waals surface area (Å²) in [5, 5.41) is 11.0. The van der Waals surface area contributed by atoms with Crippen molar-refractivity contribution in [3.63, 3.8) is 0 Å². The van der Waals surface area contributed by atoms with E-state index in [0.717, 1.165) is 16.7 Å². The molecule has 0 spiro atoms. The Labute approximate surface area is 229 Å². The highest BCUT2D eigenvalue weighted by Gasteiger charge is 2.52. The number of methoxy groups -OCH3 is 2. The summed E-state index contributed by atoms with van der Waals surface area (Å²) in [6, 6.07) is 29.2. The third kappa shape index (κ3) is 7.95. The molecule has 3 aromatic rings. The topological polar surface area (TPSA) is 92.7 Å². The van der Waals surface area contributed by atoms with E-state index in [-0.39, 0.29) is 19.8 Å². The van der Waals surface area contributed by atoms with Gasteiger partial charge >= 0.3 is 5.97 Å². The molecule has 1 heterocycles. The van der Waals surface area contributed by atoms with Gasteiger partial charge in [-0.3, -0.25) is 0 Å². The third-order valence-electron chi connectivity index (χ3n) is 6.70. The summed E-state index contributed by atoms with van der Waals surface area (Å²) < 4.78 is 35.6. The Hall–Kier alpha value is -3.11. The van der Waals surface area contributed by atoms with Gasteiger partial charge in [0, 0.05) is 7.11 Å². The largest absolute Gasteiger partial charge is 0.467 e. The van der Waals surface area contributed by atoms with Gasteiger partial charge in [0.1, 0.15) is 12.2 Å². The highest BCUT2D eigenvalue weighted by Crippen LogP contribution is 2.35. The fourth-order valence-electron chi connectivity index (χ4n) is 4.69. The number of hydrogen-bond donors (Lipinski definition) is 1. The first-order valence-electron chi connectivity index (χ1n) is 13.0. The molecule has 0 saturated carbocycles. The number of aliphatic hydroxyl groups is 1. The van der Waals surface area contributed by atoms with E-state index in [2.05, 4.69) is 0 Å². The number of ether oxygens (including phenoxy) is 6. The van der Waals surface area contributed by atoms with Crippen molar-refractivity contribution in [3.8, 4) is 0 Å². The molecule has 3 aromatic carbocycles. The van der Waals surface area contributed by atoms with Gasteiger partial charge in [-0.1, -0.05) is 91.0 Å². The van der Waals surface area contributed by atoms with Crippen molar-refractivity contribution < 1.29 is 38.3 Å². The molecule has 208 valence electrons. The predicted octanol–water partition coefficient (Wildman–Crippen LogP) is 3.90. The summed E-state index contributed by atoms with van der Waals surface area (Å²) in [6.45, 7) is 1.07. The predicted molar refractivity (Wildman–Crippen MR) is 143 cm³/mol. The minimum Gasteiger partial charge on any atom is -0.467 e. The summed E-state index contributed by atoms with van der Waals surface area (Å²) in [5.74, 6) is -1.73. The van der Waals surface area contributed by atoms with Crippen LogP contribution in [0.4, 0.5) is 0 Å². The van der Waals surface area contributed by atoms with Crippen molar-refractivity contribution >= 4 is 5.97 Å². The van der Waals surface area contributed by atoms with Crippen LogP contribution in [0.1, 0.15) is 16.7 Å². The highest BCUT2D eigenvalue weighted by atomic mass is 16.7. The zero-order valence-electron chi connectivity index (χ0n) is 22.3. The monoisotopic (exact) mass is 536 g/mol. The number of carbonyl (C=O) groups excluding carboxylic acids is 1. The van der Waals surface area contributed by atoms with Crippen LogP contribution in [0, 0.1) is 5.92 Å². The summed E-state index contributed by atoms with van der Waals surface area (Å²) in [7, 11) is 2.68. The molecule has 1 N–H and O–H groups in total. The molecule has 1 aliphatic heterocycles. The van der Waals surface area contributed by atoms with E-state index in [9.17, 15) is 9.90 Å². The molecule has 1 fully saturated rings. The zero-order chi connectivity index (χ0) is 27.5. The normalized spacial score (nSPS) is 23.7. The summed E-state index contributed by atoms with van der Waals surface area (Å²) in [6.07, 6.45) is -4.62. The quantitative estimate of drug-likeness (QED) is 0.329. The molecular formula is C31H36O8. The fraction of sp³-hybridized carbons (Fsp3) is 0.387. The van der Waals surface area contributed by atoms with Crippen molar-refractivity contribution in [2.45, 2.75) is 50.5 Å². The Balaban J connectivity index is 1.61. The molecule has 8 heteroatoms. The van der Waals surface area contributed by atoms with E-state index in [0.29, 0.717) is 6.61 Å². The molecule has 0 aliphatic carbocycles. The summed E-state index contributed by atoms with van der Waals surface area (Å²) in [5.41, 5.74) is 2.92. The second kappa shape index (κ2) is 14.9. The maximum absolute atomic E-state index is 12.5. The van der Waals surface area contributed by atoms with Crippen LogP contribution in [0.25, 0.3) is 0 Å². The van der Waals surface area contributed by atoms with Gasteiger partial charge in [0.15, 0.2) is 12.4 Å². The number of rotatable bonds is 13. The second-order valence-corrected chi connectivity index (χ2v) is 9.35. The third-order valence-corrected chi connectivity index (χ3v) is 6.70. The molecule has 6 atom stereocenters. The molecule has 0 unspecified atom stereocenters. The molecule has 1 saturated heterocycles. The number of hydrogen-bond acceptors (Lipinski definition) is 8. The van der Waals surface area contributed by atoms with Crippen LogP contribution in [0.5, 0.6) is 0 Å².